The predicted octanol–water partition coefficient (Wildman–Crippen LogP) is 0.813. The molecule has 0 saturated heterocycles. The van der Waals surface area contributed by atoms with E-state index in [0.29, 0.717) is 0 Å². The van der Waals surface area contributed by atoms with Gasteiger partial charge in [0.2, 0.25) is 0 Å². The molecule has 2 atom stereocenters. The van der Waals surface area contributed by atoms with Crippen molar-refractivity contribution in [2.75, 3.05) is 14.2 Å². The summed E-state index contributed by atoms with van der Waals surface area (Å²) >= 11 is 0. The summed E-state index contributed by atoms with van der Waals surface area (Å²) in [4.78, 5) is 18.4. The fraction of sp³-hybridized carbons (Fsp3) is 1.00. The zero-order chi connectivity index (χ0) is 11.3. The summed E-state index contributed by atoms with van der Waals surface area (Å²) in [6.07, 6.45) is 1.25. The van der Waals surface area contributed by atoms with E-state index in [-0.39, 0.29) is 49.6 Å². The van der Waals surface area contributed by atoms with Crippen LogP contribution in [0.15, 0.2) is 0 Å². The minimum absolute atomic E-state index is 0. The van der Waals surface area contributed by atoms with Crippen LogP contribution in [0.5, 0.6) is 0 Å². The Morgan fingerprint density at radius 2 is 1.00 bits per heavy atom. The average Bonchev–Trinajstić information content (AvgIpc) is 2.07. The fourth-order valence-corrected chi connectivity index (χ4v) is 0. The van der Waals surface area contributed by atoms with E-state index >= 15 is 0 Å². The minimum Gasteiger partial charge on any atom is -0.781 e. The van der Waals surface area contributed by atoms with Crippen molar-refractivity contribution in [2.24, 2.45) is 0 Å². The van der Waals surface area contributed by atoms with Crippen molar-refractivity contribution >= 4 is 16.5 Å². The van der Waals surface area contributed by atoms with Crippen molar-refractivity contribution in [3.05, 3.63) is 0 Å². The maximum atomic E-state index is 9.22. The first-order chi connectivity index (χ1) is 5.95. The first-order valence-corrected chi connectivity index (χ1v) is 5.90. The largest absolute Gasteiger partial charge is 0.781 e. The molecule has 0 aromatic heterocycles. The van der Waals surface area contributed by atoms with Crippen LogP contribution >= 0.6 is 16.5 Å². The van der Waals surface area contributed by atoms with E-state index < -0.39 is 16.5 Å². The zero-order valence-corrected chi connectivity index (χ0v) is 16.8. The summed E-state index contributed by atoms with van der Waals surface area (Å²) in [6, 6.07) is 0. The molecule has 0 amide bonds. The molecule has 0 saturated carbocycles. The SMILES string of the molecule is C.CCC.CO[PH](=O)[O-].CO[PH](=O)[O-].[W].[W]. The Bertz CT molecular complexity index is 124. The summed E-state index contributed by atoms with van der Waals surface area (Å²) in [5.41, 5.74) is 0. The van der Waals surface area contributed by atoms with E-state index in [1.165, 1.54) is 6.42 Å². The van der Waals surface area contributed by atoms with Gasteiger partial charge < -0.3 is 28.0 Å². The summed E-state index contributed by atoms with van der Waals surface area (Å²) in [5, 5.41) is 0. The second kappa shape index (κ2) is 36.0. The Kier molecular flexibility index (Phi) is 81.0. The molecule has 0 N–H and O–H groups in total. The van der Waals surface area contributed by atoms with Gasteiger partial charge in [-0.25, -0.2) is 0 Å². The molecule has 0 fully saturated rings. The molecule has 0 spiro atoms. The van der Waals surface area contributed by atoms with Gasteiger partial charge in [0.25, 0.3) is 0 Å². The Labute approximate surface area is 128 Å². The standard InChI is InChI=1S/C3H8.2CH5O3P.CH4.2W/c1-3-2;2*1-4-5(2)3;;;/h3H2,1-2H3;2*5H,1H3,(H,2,3);1H4;;/p-2. The molecule has 16 heavy (non-hydrogen) atoms. The molecule has 0 aliphatic rings. The number of hydrogen-bond donors (Lipinski definition) is 0. The fourth-order valence-electron chi connectivity index (χ4n) is 0. The third-order valence-electron chi connectivity index (χ3n) is 0.333. The molecule has 0 radical (unpaired) electrons. The van der Waals surface area contributed by atoms with E-state index in [0.717, 1.165) is 14.2 Å². The number of rotatable bonds is 2. The van der Waals surface area contributed by atoms with E-state index in [2.05, 4.69) is 22.9 Å². The van der Waals surface area contributed by atoms with Gasteiger partial charge in [0, 0.05) is 56.4 Å². The van der Waals surface area contributed by atoms with Gasteiger partial charge in [0.15, 0.2) is 0 Å². The molecule has 0 aliphatic heterocycles. The molecule has 0 aliphatic carbocycles. The quantitative estimate of drug-likeness (QED) is 0.426. The van der Waals surface area contributed by atoms with Crippen LogP contribution in [-0.4, -0.2) is 14.2 Å². The van der Waals surface area contributed by atoms with Crippen LogP contribution in [0.3, 0.4) is 0 Å². The molecule has 2 unspecified atom stereocenters. The van der Waals surface area contributed by atoms with Crippen LogP contribution in [0.1, 0.15) is 27.7 Å². The van der Waals surface area contributed by atoms with Crippen LogP contribution in [0, 0.1) is 0 Å². The van der Waals surface area contributed by atoms with Gasteiger partial charge in [0.05, 0.1) is 0 Å². The smallest absolute Gasteiger partial charge is 0.121 e. The summed E-state index contributed by atoms with van der Waals surface area (Å²) < 4.78 is 25.9. The normalized spacial score (nSPS) is 10.4. The molecule has 0 rings (SSSR count). The first-order valence-electron chi connectivity index (χ1n) is 3.46. The first kappa shape index (κ1) is 36.1. The Morgan fingerprint density at radius 3 is 1.00 bits per heavy atom. The molecular formula is C6H20O6P2W2-2. The third-order valence-corrected chi connectivity index (χ3v) is 1.00. The van der Waals surface area contributed by atoms with Crippen LogP contribution in [0.4, 0.5) is 0 Å². The van der Waals surface area contributed by atoms with Gasteiger partial charge in [-0.15, -0.1) is 0 Å². The minimum atomic E-state index is -2.87. The second-order valence-electron chi connectivity index (χ2n) is 1.62. The van der Waals surface area contributed by atoms with E-state index in [9.17, 15) is 18.9 Å². The van der Waals surface area contributed by atoms with E-state index in [4.69, 9.17) is 0 Å². The molecule has 104 valence electrons. The van der Waals surface area contributed by atoms with Crippen molar-refractivity contribution < 1.29 is 70.1 Å². The monoisotopic (exact) mass is 618 g/mol. The van der Waals surface area contributed by atoms with Crippen molar-refractivity contribution in [3.8, 4) is 0 Å². The summed E-state index contributed by atoms with van der Waals surface area (Å²) in [6.45, 7) is 4.25. The van der Waals surface area contributed by atoms with Crippen LogP contribution < -0.4 is 9.79 Å². The van der Waals surface area contributed by atoms with Gasteiger partial charge in [-0.05, 0) is 0 Å². The molecule has 6 nitrogen and oxygen atoms in total. The molecular weight excluding hydrogens is 598 g/mol. The predicted molar refractivity (Wildman–Crippen MR) is 54.7 cm³/mol. The van der Waals surface area contributed by atoms with Gasteiger partial charge in [-0.1, -0.05) is 27.7 Å². The topological polar surface area (TPSA) is 98.7 Å². The number of hydrogen-bond acceptors (Lipinski definition) is 6. The zero-order valence-electron chi connectivity index (χ0n) is 8.97. The Morgan fingerprint density at radius 1 is 0.938 bits per heavy atom. The summed E-state index contributed by atoms with van der Waals surface area (Å²) in [5.74, 6) is 0. The molecule has 0 bridgehead atoms. The van der Waals surface area contributed by atoms with Crippen LogP contribution in [0.25, 0.3) is 0 Å². The van der Waals surface area contributed by atoms with Gasteiger partial charge in [0.1, 0.15) is 16.5 Å². The van der Waals surface area contributed by atoms with Gasteiger partial charge >= 0.3 is 0 Å². The van der Waals surface area contributed by atoms with Crippen molar-refractivity contribution in [1.82, 2.24) is 0 Å². The Balaban J connectivity index is -0.0000000220. The summed E-state index contributed by atoms with van der Waals surface area (Å²) in [7, 11) is -3.51. The van der Waals surface area contributed by atoms with Crippen LogP contribution in [0.2, 0.25) is 0 Å². The maximum absolute atomic E-state index is 9.22. The van der Waals surface area contributed by atoms with Gasteiger partial charge in [-0.3, -0.25) is 0 Å². The van der Waals surface area contributed by atoms with E-state index in [1.54, 1.807) is 0 Å². The third kappa shape index (κ3) is 105. The van der Waals surface area contributed by atoms with Crippen LogP contribution in [-0.2, 0) is 60.3 Å². The van der Waals surface area contributed by atoms with Crippen molar-refractivity contribution in [3.63, 3.8) is 0 Å². The van der Waals surface area contributed by atoms with E-state index in [1.807, 2.05) is 0 Å². The Hall–Kier alpha value is 1.68. The average molecular weight is 618 g/mol. The maximum Gasteiger partial charge on any atom is 0.121 e. The molecule has 10 heteroatoms. The van der Waals surface area contributed by atoms with Crippen molar-refractivity contribution in [1.29, 1.82) is 0 Å². The molecule has 0 heterocycles. The molecule has 0 aromatic rings. The van der Waals surface area contributed by atoms with Crippen molar-refractivity contribution in [2.45, 2.75) is 27.7 Å². The van der Waals surface area contributed by atoms with Gasteiger partial charge in [-0.2, -0.15) is 0 Å². The molecule has 0 aromatic carbocycles. The second-order valence-corrected chi connectivity index (χ2v) is 3.43.